The standard InChI is InChI=1S/C16H34N3O7PS2/c20-27(21,22)19(28(23,24)17-15-11-7-3-1-4-8-12-15)29(25,26)18-16-13-9-5-2-6-10-14-16/h15-18H,1-14H2,(H2,20,21,22). The van der Waals surface area contributed by atoms with Crippen molar-refractivity contribution in [3.8, 4) is 0 Å². The number of nitrogens with one attached hydrogen (secondary N) is 2. The van der Waals surface area contributed by atoms with Crippen LogP contribution in [0.5, 0.6) is 0 Å². The third-order valence-corrected chi connectivity index (χ3v) is 11.7. The average Bonchev–Trinajstić information content (AvgIpc) is 2.50. The van der Waals surface area contributed by atoms with Gasteiger partial charge in [0.2, 0.25) is 0 Å². The maximum atomic E-state index is 12.8. The minimum Gasteiger partial charge on any atom is -0.311 e. The van der Waals surface area contributed by atoms with Gasteiger partial charge in [-0.2, -0.15) is 26.3 Å². The van der Waals surface area contributed by atoms with Crippen LogP contribution in [0, 0.1) is 0 Å². The summed E-state index contributed by atoms with van der Waals surface area (Å²) in [5.74, 6) is 0. The summed E-state index contributed by atoms with van der Waals surface area (Å²) in [6, 6.07) is -1.10. The molecule has 2 aliphatic carbocycles. The van der Waals surface area contributed by atoms with Gasteiger partial charge in [0.15, 0.2) is 0 Å². The quantitative estimate of drug-likeness (QED) is 0.412. The first kappa shape index (κ1) is 25.2. The fourth-order valence-electron chi connectivity index (χ4n) is 4.07. The second-order valence-corrected chi connectivity index (χ2v) is 13.3. The monoisotopic (exact) mass is 475 g/mol. The van der Waals surface area contributed by atoms with Gasteiger partial charge in [-0.05, 0) is 25.7 Å². The smallest absolute Gasteiger partial charge is 0.311 e. The first-order valence-corrected chi connectivity index (χ1v) is 14.9. The van der Waals surface area contributed by atoms with Crippen LogP contribution in [0.2, 0.25) is 0 Å². The van der Waals surface area contributed by atoms with Crippen LogP contribution in [0.4, 0.5) is 0 Å². The molecule has 0 aliphatic heterocycles. The van der Waals surface area contributed by atoms with Crippen molar-refractivity contribution < 1.29 is 31.2 Å². The fraction of sp³-hybridized carbons (Fsp3) is 1.00. The Morgan fingerprint density at radius 2 is 0.897 bits per heavy atom. The Morgan fingerprint density at radius 3 is 1.17 bits per heavy atom. The predicted octanol–water partition coefficient (Wildman–Crippen LogP) is 2.28. The van der Waals surface area contributed by atoms with Crippen molar-refractivity contribution in [1.82, 2.24) is 12.9 Å². The van der Waals surface area contributed by atoms with Gasteiger partial charge >= 0.3 is 28.2 Å². The van der Waals surface area contributed by atoms with Crippen LogP contribution < -0.4 is 9.44 Å². The molecule has 10 nitrogen and oxygen atoms in total. The first-order valence-electron chi connectivity index (χ1n) is 10.4. The van der Waals surface area contributed by atoms with Crippen LogP contribution in [-0.2, 0) is 25.0 Å². The lowest BCUT2D eigenvalue weighted by Crippen LogP contribution is -2.51. The van der Waals surface area contributed by atoms with Crippen LogP contribution in [0.15, 0.2) is 0 Å². The third-order valence-electron chi connectivity index (χ3n) is 5.47. The van der Waals surface area contributed by atoms with Gasteiger partial charge in [-0.1, -0.05) is 64.2 Å². The van der Waals surface area contributed by atoms with Gasteiger partial charge in [0, 0.05) is 15.6 Å². The van der Waals surface area contributed by atoms with Gasteiger partial charge in [-0.3, -0.25) is 0 Å². The molecule has 0 amide bonds. The molecule has 13 heteroatoms. The van der Waals surface area contributed by atoms with Crippen LogP contribution in [-0.4, -0.2) is 42.2 Å². The van der Waals surface area contributed by atoms with E-state index in [9.17, 15) is 31.2 Å². The van der Waals surface area contributed by atoms with Crippen LogP contribution in [0.3, 0.4) is 0 Å². The third kappa shape index (κ3) is 8.17. The zero-order valence-electron chi connectivity index (χ0n) is 16.7. The Morgan fingerprint density at radius 1 is 0.621 bits per heavy atom. The summed E-state index contributed by atoms with van der Waals surface area (Å²) in [6.45, 7) is 0. The predicted molar refractivity (Wildman–Crippen MR) is 110 cm³/mol. The molecule has 4 N–H and O–H groups in total. The van der Waals surface area contributed by atoms with E-state index < -0.39 is 43.7 Å². The molecule has 0 aromatic rings. The molecule has 29 heavy (non-hydrogen) atoms. The molecule has 0 aromatic carbocycles. The molecule has 0 heterocycles. The van der Waals surface area contributed by atoms with Crippen LogP contribution in [0.25, 0.3) is 0 Å². The minimum absolute atomic E-state index is 0.504. The van der Waals surface area contributed by atoms with Gasteiger partial charge in [-0.15, -0.1) is 0 Å². The van der Waals surface area contributed by atoms with Crippen molar-refractivity contribution in [3.05, 3.63) is 0 Å². The second kappa shape index (κ2) is 11.0. The number of hydrogen-bond donors (Lipinski definition) is 4. The van der Waals surface area contributed by atoms with Crippen molar-refractivity contribution in [2.75, 3.05) is 0 Å². The summed E-state index contributed by atoms with van der Waals surface area (Å²) in [7, 11) is -15.6. The van der Waals surface area contributed by atoms with Crippen LogP contribution in [0.1, 0.15) is 89.9 Å². The van der Waals surface area contributed by atoms with E-state index in [1.54, 1.807) is 0 Å². The van der Waals surface area contributed by atoms with Crippen molar-refractivity contribution in [2.45, 2.75) is 102 Å². The maximum Gasteiger partial charge on any atom is 0.432 e. The molecular weight excluding hydrogens is 441 g/mol. The second-order valence-electron chi connectivity index (χ2n) is 8.02. The number of rotatable bonds is 7. The number of nitrogens with zero attached hydrogens (tertiary/aromatic N) is 1. The largest absolute Gasteiger partial charge is 0.432 e. The lowest BCUT2D eigenvalue weighted by Gasteiger charge is -2.28. The Labute approximate surface area is 174 Å². The highest BCUT2D eigenvalue weighted by atomic mass is 32.3. The van der Waals surface area contributed by atoms with E-state index in [0.717, 1.165) is 64.2 Å². The van der Waals surface area contributed by atoms with Gasteiger partial charge < -0.3 is 9.79 Å². The van der Waals surface area contributed by atoms with E-state index in [4.69, 9.17) is 0 Å². The Balaban J connectivity index is 2.20. The van der Waals surface area contributed by atoms with Gasteiger partial charge in [0.1, 0.15) is 0 Å². The molecule has 0 bridgehead atoms. The van der Waals surface area contributed by atoms with Gasteiger partial charge in [0.05, 0.1) is 0 Å². The van der Waals surface area contributed by atoms with E-state index in [0.29, 0.717) is 25.7 Å². The van der Waals surface area contributed by atoms with Crippen LogP contribution >= 0.6 is 7.75 Å². The highest BCUT2D eigenvalue weighted by molar-refractivity contribution is 8.08. The van der Waals surface area contributed by atoms with Gasteiger partial charge in [0.25, 0.3) is 0 Å². The van der Waals surface area contributed by atoms with Crippen molar-refractivity contribution in [3.63, 3.8) is 0 Å². The average molecular weight is 476 g/mol. The lowest BCUT2D eigenvalue weighted by molar-refractivity contribution is 0.340. The molecule has 0 radical (unpaired) electrons. The molecule has 0 spiro atoms. The highest BCUT2D eigenvalue weighted by Crippen LogP contribution is 2.44. The summed E-state index contributed by atoms with van der Waals surface area (Å²) in [5.41, 5.74) is 0. The molecule has 0 atom stereocenters. The van der Waals surface area contributed by atoms with Crippen molar-refractivity contribution in [2.24, 2.45) is 0 Å². The zero-order valence-corrected chi connectivity index (χ0v) is 19.2. The molecule has 0 unspecified atom stereocenters. The normalized spacial score (nSPS) is 22.6. The summed E-state index contributed by atoms with van der Waals surface area (Å²) in [5, 5.41) is 0. The summed E-state index contributed by atoms with van der Waals surface area (Å²) >= 11 is 0. The van der Waals surface area contributed by atoms with Gasteiger partial charge in [-0.25, -0.2) is 4.57 Å². The van der Waals surface area contributed by atoms with E-state index in [-0.39, 0.29) is 0 Å². The number of hydrogen-bond acceptors (Lipinski definition) is 5. The molecule has 2 rings (SSSR count). The van der Waals surface area contributed by atoms with E-state index in [1.165, 1.54) is 0 Å². The summed E-state index contributed by atoms with van der Waals surface area (Å²) in [4.78, 5) is 19.2. The topological polar surface area (TPSA) is 153 Å². The highest BCUT2D eigenvalue weighted by Gasteiger charge is 2.48. The molecule has 2 aliphatic rings. The van der Waals surface area contributed by atoms with E-state index in [2.05, 4.69) is 9.44 Å². The fourth-order valence-corrected chi connectivity index (χ4v) is 9.38. The van der Waals surface area contributed by atoms with Crippen molar-refractivity contribution in [1.29, 1.82) is 0 Å². The van der Waals surface area contributed by atoms with Crippen molar-refractivity contribution >= 4 is 28.2 Å². The molecule has 2 saturated carbocycles. The molecule has 0 aromatic heterocycles. The van der Waals surface area contributed by atoms with E-state index in [1.807, 2.05) is 0 Å². The summed E-state index contributed by atoms with van der Waals surface area (Å²) < 4.78 is 66.8. The first-order chi connectivity index (χ1) is 13.5. The molecular formula is C16H34N3O7PS2. The summed E-state index contributed by atoms with van der Waals surface area (Å²) in [6.07, 6.45) is 11.0. The Hall–Kier alpha value is -0.0700. The molecule has 2 fully saturated rings. The SMILES string of the molecule is O=P(O)(O)N(S(=O)(=O)NC1CCCCCCC1)S(=O)(=O)NC1CCCCCCC1. The molecule has 0 saturated heterocycles. The molecule has 172 valence electrons. The Kier molecular flexibility index (Phi) is 9.55. The lowest BCUT2D eigenvalue weighted by atomic mass is 9.97. The maximum absolute atomic E-state index is 12.8. The zero-order chi connectivity index (χ0) is 21.5. The van der Waals surface area contributed by atoms with E-state index >= 15 is 0 Å². The Bertz CT molecular complexity index is 699. The minimum atomic E-state index is -5.66.